The van der Waals surface area contributed by atoms with Gasteiger partial charge in [-0.05, 0) is 49.6 Å². The van der Waals surface area contributed by atoms with E-state index in [1.165, 1.54) is 12.3 Å². The Hall–Kier alpha value is -3.81. The highest BCUT2D eigenvalue weighted by Crippen LogP contribution is 2.28. The number of benzene rings is 1. The van der Waals surface area contributed by atoms with Crippen molar-refractivity contribution in [2.75, 3.05) is 13.1 Å². The SMILES string of the molecule is Cc1ccn2c(C3CCN(C(=O)c4ccc(OCc5ccccc5F)nc4)CC3)nnc2c1. The quantitative estimate of drug-likeness (QED) is 0.461. The zero-order valence-corrected chi connectivity index (χ0v) is 18.3. The summed E-state index contributed by atoms with van der Waals surface area (Å²) in [5, 5.41) is 8.70. The topological polar surface area (TPSA) is 72.6 Å². The van der Waals surface area contributed by atoms with Crippen LogP contribution >= 0.6 is 0 Å². The van der Waals surface area contributed by atoms with Crippen LogP contribution in [0.5, 0.6) is 5.88 Å². The number of likely N-dealkylation sites (tertiary alicyclic amines) is 1. The lowest BCUT2D eigenvalue weighted by Crippen LogP contribution is -2.38. The number of pyridine rings is 2. The molecule has 4 aromatic rings. The van der Waals surface area contributed by atoms with Crippen LogP contribution in [0, 0.1) is 12.7 Å². The fourth-order valence-corrected chi connectivity index (χ4v) is 4.17. The minimum Gasteiger partial charge on any atom is -0.473 e. The molecule has 0 atom stereocenters. The summed E-state index contributed by atoms with van der Waals surface area (Å²) in [5.41, 5.74) is 2.97. The second-order valence-corrected chi connectivity index (χ2v) is 8.32. The van der Waals surface area contributed by atoms with Gasteiger partial charge >= 0.3 is 0 Å². The number of amides is 1. The van der Waals surface area contributed by atoms with Crippen molar-refractivity contribution in [3.8, 4) is 5.88 Å². The van der Waals surface area contributed by atoms with E-state index in [9.17, 15) is 9.18 Å². The van der Waals surface area contributed by atoms with Crippen molar-refractivity contribution >= 4 is 11.6 Å². The molecule has 0 radical (unpaired) electrons. The van der Waals surface area contributed by atoms with Gasteiger partial charge in [0.05, 0.1) is 5.56 Å². The largest absolute Gasteiger partial charge is 0.473 e. The predicted molar refractivity (Wildman–Crippen MR) is 121 cm³/mol. The number of rotatable bonds is 5. The van der Waals surface area contributed by atoms with Crippen molar-refractivity contribution in [3.63, 3.8) is 0 Å². The molecule has 1 aliphatic heterocycles. The Kier molecular flexibility index (Phi) is 5.73. The number of piperidine rings is 1. The fourth-order valence-electron chi connectivity index (χ4n) is 4.17. The first-order valence-corrected chi connectivity index (χ1v) is 11.0. The second kappa shape index (κ2) is 8.97. The average Bonchev–Trinajstić information content (AvgIpc) is 3.26. The van der Waals surface area contributed by atoms with Crippen LogP contribution < -0.4 is 4.74 Å². The second-order valence-electron chi connectivity index (χ2n) is 8.32. The van der Waals surface area contributed by atoms with Gasteiger partial charge in [-0.2, -0.15) is 0 Å². The number of hydrogen-bond acceptors (Lipinski definition) is 5. The van der Waals surface area contributed by atoms with Gasteiger partial charge < -0.3 is 9.64 Å². The zero-order valence-electron chi connectivity index (χ0n) is 18.3. The van der Waals surface area contributed by atoms with Crippen LogP contribution in [0.2, 0.25) is 0 Å². The maximum Gasteiger partial charge on any atom is 0.255 e. The fraction of sp³-hybridized carbons (Fsp3) is 0.280. The summed E-state index contributed by atoms with van der Waals surface area (Å²) < 4.78 is 21.3. The molecule has 5 rings (SSSR count). The van der Waals surface area contributed by atoms with Crippen molar-refractivity contribution in [2.45, 2.75) is 32.3 Å². The predicted octanol–water partition coefficient (Wildman–Crippen LogP) is 4.17. The number of hydrogen-bond donors (Lipinski definition) is 0. The molecule has 4 heterocycles. The lowest BCUT2D eigenvalue weighted by atomic mass is 9.95. The zero-order chi connectivity index (χ0) is 22.8. The number of aromatic nitrogens is 4. The molecule has 1 aliphatic rings. The Morgan fingerprint density at radius 3 is 2.70 bits per heavy atom. The standard InChI is InChI=1S/C25H24FN5O2/c1-17-8-13-31-22(14-17)28-29-24(31)18-9-11-30(12-10-18)25(32)19-6-7-23(27-15-19)33-16-20-4-2-3-5-21(20)26/h2-8,13-15,18H,9-12,16H2,1H3. The van der Waals surface area contributed by atoms with E-state index in [2.05, 4.69) is 21.2 Å². The molecule has 1 saturated heterocycles. The van der Waals surface area contributed by atoms with Gasteiger partial charge in [0.1, 0.15) is 18.2 Å². The number of aryl methyl sites for hydroxylation is 1. The molecule has 0 spiro atoms. The summed E-state index contributed by atoms with van der Waals surface area (Å²) in [6.07, 6.45) is 5.19. The van der Waals surface area contributed by atoms with Crippen molar-refractivity contribution < 1.29 is 13.9 Å². The van der Waals surface area contributed by atoms with E-state index >= 15 is 0 Å². The van der Waals surface area contributed by atoms with Crippen molar-refractivity contribution in [1.29, 1.82) is 0 Å². The third-order valence-corrected chi connectivity index (χ3v) is 6.06. The van der Waals surface area contributed by atoms with E-state index in [4.69, 9.17) is 4.74 Å². The molecule has 1 aromatic carbocycles. The number of nitrogens with zero attached hydrogens (tertiary/aromatic N) is 5. The van der Waals surface area contributed by atoms with E-state index in [0.29, 0.717) is 30.1 Å². The first-order valence-electron chi connectivity index (χ1n) is 11.0. The normalized spacial score (nSPS) is 14.5. The molecule has 8 heteroatoms. The van der Waals surface area contributed by atoms with Gasteiger partial charge in [0, 0.05) is 43.0 Å². The molecular weight excluding hydrogens is 421 g/mol. The van der Waals surface area contributed by atoms with Crippen LogP contribution in [0.1, 0.15) is 46.1 Å². The van der Waals surface area contributed by atoms with Gasteiger partial charge in [-0.15, -0.1) is 10.2 Å². The Labute approximate surface area is 190 Å². The van der Waals surface area contributed by atoms with Crippen LogP contribution in [-0.2, 0) is 6.61 Å². The van der Waals surface area contributed by atoms with E-state index < -0.39 is 0 Å². The molecule has 0 bridgehead atoms. The molecule has 0 unspecified atom stereocenters. The van der Waals surface area contributed by atoms with Gasteiger partial charge in [0.25, 0.3) is 5.91 Å². The number of carbonyl (C=O) groups is 1. The Morgan fingerprint density at radius 2 is 1.94 bits per heavy atom. The summed E-state index contributed by atoms with van der Waals surface area (Å²) in [4.78, 5) is 19.0. The van der Waals surface area contributed by atoms with Crippen LogP contribution in [0.25, 0.3) is 5.65 Å². The summed E-state index contributed by atoms with van der Waals surface area (Å²) in [5.74, 6) is 1.20. The molecule has 7 nitrogen and oxygen atoms in total. The molecule has 0 N–H and O–H groups in total. The first-order chi connectivity index (χ1) is 16.1. The van der Waals surface area contributed by atoms with Crippen LogP contribution in [0.15, 0.2) is 60.9 Å². The smallest absolute Gasteiger partial charge is 0.255 e. The highest BCUT2D eigenvalue weighted by Gasteiger charge is 2.27. The summed E-state index contributed by atoms with van der Waals surface area (Å²) >= 11 is 0. The van der Waals surface area contributed by atoms with Gasteiger partial charge in [0.2, 0.25) is 5.88 Å². The molecule has 1 amide bonds. The van der Waals surface area contributed by atoms with Gasteiger partial charge in [-0.25, -0.2) is 9.37 Å². The van der Waals surface area contributed by atoms with E-state index in [1.54, 1.807) is 30.3 Å². The van der Waals surface area contributed by atoms with Gasteiger partial charge in [-0.1, -0.05) is 18.2 Å². The molecule has 0 saturated carbocycles. The third kappa shape index (κ3) is 4.41. The Morgan fingerprint density at radius 1 is 1.12 bits per heavy atom. The molecule has 0 aliphatic carbocycles. The average molecular weight is 445 g/mol. The monoisotopic (exact) mass is 445 g/mol. The lowest BCUT2D eigenvalue weighted by molar-refractivity contribution is 0.0710. The Balaban J connectivity index is 1.19. The molecule has 33 heavy (non-hydrogen) atoms. The van der Waals surface area contributed by atoms with Crippen LogP contribution in [-0.4, -0.2) is 43.5 Å². The number of halogens is 1. The summed E-state index contributed by atoms with van der Waals surface area (Å²) in [6, 6.07) is 13.9. The number of fused-ring (bicyclic) bond motifs is 1. The third-order valence-electron chi connectivity index (χ3n) is 6.06. The van der Waals surface area contributed by atoms with Gasteiger partial charge in [0.15, 0.2) is 5.65 Å². The van der Waals surface area contributed by atoms with Crippen molar-refractivity contribution in [2.24, 2.45) is 0 Å². The summed E-state index contributed by atoms with van der Waals surface area (Å²) in [6.45, 7) is 3.41. The highest BCUT2D eigenvalue weighted by atomic mass is 19.1. The van der Waals surface area contributed by atoms with Crippen LogP contribution in [0.4, 0.5) is 4.39 Å². The maximum absolute atomic E-state index is 13.7. The molecule has 3 aromatic heterocycles. The van der Waals surface area contributed by atoms with Gasteiger partial charge in [-0.3, -0.25) is 9.20 Å². The summed E-state index contributed by atoms with van der Waals surface area (Å²) in [7, 11) is 0. The van der Waals surface area contributed by atoms with Crippen molar-refractivity contribution in [3.05, 3.63) is 89.3 Å². The lowest BCUT2D eigenvalue weighted by Gasteiger charge is -2.31. The minimum atomic E-state index is -0.318. The van der Waals surface area contributed by atoms with E-state index in [-0.39, 0.29) is 24.2 Å². The van der Waals surface area contributed by atoms with Crippen LogP contribution in [0.3, 0.4) is 0 Å². The molecule has 168 valence electrons. The minimum absolute atomic E-state index is 0.0525. The Bertz CT molecular complexity index is 1280. The first kappa shape index (κ1) is 21.1. The number of carbonyl (C=O) groups excluding carboxylic acids is 1. The van der Waals surface area contributed by atoms with Crippen molar-refractivity contribution in [1.82, 2.24) is 24.5 Å². The number of ether oxygens (including phenoxy) is 1. The molecular formula is C25H24FN5O2. The molecule has 1 fully saturated rings. The highest BCUT2D eigenvalue weighted by molar-refractivity contribution is 5.94. The maximum atomic E-state index is 13.7. The van der Waals surface area contributed by atoms with E-state index in [0.717, 1.165) is 29.9 Å². The van der Waals surface area contributed by atoms with E-state index in [1.807, 2.05) is 28.5 Å².